The monoisotopic (exact) mass is 341 g/mol. The molecule has 2 N–H and O–H groups in total. The van der Waals surface area contributed by atoms with Crippen molar-refractivity contribution in [3.8, 4) is 0 Å². The third kappa shape index (κ3) is 3.95. The molecule has 0 aliphatic carbocycles. The number of morpholine rings is 1. The van der Waals surface area contributed by atoms with Gasteiger partial charge in [-0.2, -0.15) is 0 Å². The number of carbonyl (C=O) groups excluding carboxylic acids is 1. The second-order valence-electron chi connectivity index (χ2n) is 5.74. The first kappa shape index (κ1) is 16.9. The third-order valence-corrected chi connectivity index (χ3v) is 4.03. The Morgan fingerprint density at radius 2 is 1.88 bits per heavy atom. The van der Waals surface area contributed by atoms with E-state index in [9.17, 15) is 9.59 Å². The molecular formula is C18H19N3O4. The number of carbonyl (C=O) groups is 2. The molecule has 3 rings (SSSR count). The fourth-order valence-corrected chi connectivity index (χ4v) is 2.64. The Balaban J connectivity index is 1.75. The lowest BCUT2D eigenvalue weighted by atomic mass is 10.1. The fourth-order valence-electron chi connectivity index (χ4n) is 2.64. The Kier molecular flexibility index (Phi) is 4.95. The molecule has 1 aliphatic heterocycles. The van der Waals surface area contributed by atoms with Gasteiger partial charge in [-0.3, -0.25) is 4.79 Å². The van der Waals surface area contributed by atoms with Crippen LogP contribution in [0.2, 0.25) is 0 Å². The molecule has 1 fully saturated rings. The minimum Gasteiger partial charge on any atom is -0.478 e. The standard InChI is InChI=1S/C18H19N3O4/c1-12-15(5-6-16(19-12)21-7-9-25-10-8-21)20-17(22)13-3-2-4-14(11-13)18(23)24/h2-6,11H,7-10H2,1H3,(H,20,22)(H,23,24). The summed E-state index contributed by atoms with van der Waals surface area (Å²) in [5.74, 6) is -0.582. The summed E-state index contributed by atoms with van der Waals surface area (Å²) in [4.78, 5) is 30.1. The number of ether oxygens (including phenoxy) is 1. The van der Waals surface area contributed by atoms with Gasteiger partial charge in [-0.25, -0.2) is 9.78 Å². The van der Waals surface area contributed by atoms with Crippen LogP contribution in [0.3, 0.4) is 0 Å². The van der Waals surface area contributed by atoms with E-state index in [1.807, 2.05) is 19.1 Å². The molecule has 0 unspecified atom stereocenters. The summed E-state index contributed by atoms with van der Waals surface area (Å²) in [6.07, 6.45) is 0. The van der Waals surface area contributed by atoms with Crippen LogP contribution in [0.15, 0.2) is 36.4 Å². The molecular weight excluding hydrogens is 322 g/mol. The normalized spacial score (nSPS) is 14.2. The zero-order valence-electron chi connectivity index (χ0n) is 13.9. The van der Waals surface area contributed by atoms with Crippen LogP contribution in [-0.2, 0) is 4.74 Å². The fraction of sp³-hybridized carbons (Fsp3) is 0.278. The quantitative estimate of drug-likeness (QED) is 0.886. The first-order valence-corrected chi connectivity index (χ1v) is 7.99. The van der Waals surface area contributed by atoms with Gasteiger partial charge < -0.3 is 20.1 Å². The van der Waals surface area contributed by atoms with Gasteiger partial charge in [0.1, 0.15) is 5.82 Å². The predicted octanol–water partition coefficient (Wildman–Crippen LogP) is 2.18. The number of anilines is 2. The number of aromatic carboxylic acids is 1. The van der Waals surface area contributed by atoms with E-state index in [2.05, 4.69) is 15.2 Å². The van der Waals surface area contributed by atoms with Crippen LogP contribution < -0.4 is 10.2 Å². The maximum atomic E-state index is 12.4. The summed E-state index contributed by atoms with van der Waals surface area (Å²) in [6.45, 7) is 4.77. The Labute approximate surface area is 145 Å². The van der Waals surface area contributed by atoms with E-state index in [4.69, 9.17) is 9.84 Å². The van der Waals surface area contributed by atoms with Gasteiger partial charge in [-0.15, -0.1) is 0 Å². The third-order valence-electron chi connectivity index (χ3n) is 4.03. The van der Waals surface area contributed by atoms with Crippen LogP contribution in [-0.4, -0.2) is 48.3 Å². The van der Waals surface area contributed by atoms with E-state index in [1.165, 1.54) is 12.1 Å². The molecule has 1 aromatic heterocycles. The lowest BCUT2D eigenvalue weighted by molar-refractivity contribution is 0.0697. The molecule has 0 atom stereocenters. The highest BCUT2D eigenvalue weighted by Crippen LogP contribution is 2.20. The molecule has 1 saturated heterocycles. The zero-order valence-corrected chi connectivity index (χ0v) is 13.9. The molecule has 0 radical (unpaired) electrons. The highest BCUT2D eigenvalue weighted by atomic mass is 16.5. The molecule has 130 valence electrons. The number of rotatable bonds is 4. The lowest BCUT2D eigenvalue weighted by Crippen LogP contribution is -2.36. The summed E-state index contributed by atoms with van der Waals surface area (Å²) in [6, 6.07) is 9.59. The summed E-state index contributed by atoms with van der Waals surface area (Å²) >= 11 is 0. The average molecular weight is 341 g/mol. The van der Waals surface area contributed by atoms with Crippen molar-refractivity contribution in [2.75, 3.05) is 36.5 Å². The Hall–Kier alpha value is -2.93. The number of aryl methyl sites for hydroxylation is 1. The molecule has 7 heteroatoms. The van der Waals surface area contributed by atoms with Crippen LogP contribution in [0.25, 0.3) is 0 Å². The van der Waals surface area contributed by atoms with Crippen LogP contribution in [0, 0.1) is 6.92 Å². The van der Waals surface area contributed by atoms with Crippen molar-refractivity contribution in [3.05, 3.63) is 53.2 Å². The van der Waals surface area contributed by atoms with Gasteiger partial charge >= 0.3 is 5.97 Å². The molecule has 0 saturated carbocycles. The summed E-state index contributed by atoms with van der Waals surface area (Å²) < 4.78 is 5.33. The lowest BCUT2D eigenvalue weighted by Gasteiger charge is -2.28. The molecule has 1 aromatic carbocycles. The number of pyridine rings is 1. The minimum atomic E-state index is -1.07. The van der Waals surface area contributed by atoms with Crippen molar-refractivity contribution in [1.29, 1.82) is 0 Å². The van der Waals surface area contributed by atoms with Gasteiger partial charge in [0.15, 0.2) is 0 Å². The number of hydrogen-bond donors (Lipinski definition) is 2. The maximum absolute atomic E-state index is 12.4. The molecule has 7 nitrogen and oxygen atoms in total. The zero-order chi connectivity index (χ0) is 17.8. The van der Waals surface area contributed by atoms with Crippen LogP contribution in [0.4, 0.5) is 11.5 Å². The predicted molar refractivity (Wildman–Crippen MR) is 93.4 cm³/mol. The Morgan fingerprint density at radius 3 is 2.56 bits per heavy atom. The molecule has 25 heavy (non-hydrogen) atoms. The highest BCUT2D eigenvalue weighted by molar-refractivity contribution is 6.05. The number of carboxylic acids is 1. The van der Waals surface area contributed by atoms with E-state index in [0.717, 1.165) is 18.9 Å². The number of nitrogens with one attached hydrogen (secondary N) is 1. The van der Waals surface area contributed by atoms with E-state index in [0.29, 0.717) is 24.6 Å². The first-order chi connectivity index (χ1) is 12.0. The van der Waals surface area contributed by atoms with Crippen LogP contribution in [0.5, 0.6) is 0 Å². The second kappa shape index (κ2) is 7.31. The summed E-state index contributed by atoms with van der Waals surface area (Å²) in [5.41, 5.74) is 1.66. The van der Waals surface area contributed by atoms with Crippen molar-refractivity contribution in [2.24, 2.45) is 0 Å². The molecule has 2 aromatic rings. The Morgan fingerprint density at radius 1 is 1.16 bits per heavy atom. The average Bonchev–Trinajstić information content (AvgIpc) is 2.64. The minimum absolute atomic E-state index is 0.0742. The summed E-state index contributed by atoms with van der Waals surface area (Å²) in [5, 5.41) is 11.8. The van der Waals surface area contributed by atoms with Crippen LogP contribution in [0.1, 0.15) is 26.4 Å². The number of aromatic nitrogens is 1. The van der Waals surface area contributed by atoms with Crippen molar-refractivity contribution >= 4 is 23.4 Å². The number of benzene rings is 1. The number of carboxylic acid groups (broad SMARTS) is 1. The number of hydrogen-bond acceptors (Lipinski definition) is 5. The number of nitrogens with zero attached hydrogens (tertiary/aromatic N) is 2. The summed E-state index contributed by atoms with van der Waals surface area (Å²) in [7, 11) is 0. The largest absolute Gasteiger partial charge is 0.478 e. The topological polar surface area (TPSA) is 91.8 Å². The first-order valence-electron chi connectivity index (χ1n) is 7.99. The SMILES string of the molecule is Cc1nc(N2CCOCC2)ccc1NC(=O)c1cccc(C(=O)O)c1. The molecule has 2 heterocycles. The van der Waals surface area contributed by atoms with Crippen LogP contribution >= 0.6 is 0 Å². The van der Waals surface area contributed by atoms with Gasteiger partial charge in [-0.1, -0.05) is 6.07 Å². The van der Waals surface area contributed by atoms with Crippen molar-refractivity contribution in [2.45, 2.75) is 6.92 Å². The van der Waals surface area contributed by atoms with Gasteiger partial charge in [-0.05, 0) is 37.3 Å². The van der Waals surface area contributed by atoms with Crippen molar-refractivity contribution < 1.29 is 19.4 Å². The van der Waals surface area contributed by atoms with Gasteiger partial charge in [0.2, 0.25) is 0 Å². The van der Waals surface area contributed by atoms with E-state index in [1.54, 1.807) is 12.1 Å². The molecule has 0 bridgehead atoms. The van der Waals surface area contributed by atoms with Gasteiger partial charge in [0, 0.05) is 18.7 Å². The van der Waals surface area contributed by atoms with Crippen molar-refractivity contribution in [1.82, 2.24) is 4.98 Å². The molecule has 1 aliphatic rings. The van der Waals surface area contributed by atoms with Gasteiger partial charge in [0.05, 0.1) is 30.2 Å². The van der Waals surface area contributed by atoms with Gasteiger partial charge in [0.25, 0.3) is 5.91 Å². The van der Waals surface area contributed by atoms with E-state index in [-0.39, 0.29) is 17.0 Å². The smallest absolute Gasteiger partial charge is 0.335 e. The number of amides is 1. The highest BCUT2D eigenvalue weighted by Gasteiger charge is 2.15. The Bertz CT molecular complexity index is 801. The van der Waals surface area contributed by atoms with E-state index < -0.39 is 5.97 Å². The molecule has 1 amide bonds. The molecule has 0 spiro atoms. The van der Waals surface area contributed by atoms with E-state index >= 15 is 0 Å². The van der Waals surface area contributed by atoms with Crippen molar-refractivity contribution in [3.63, 3.8) is 0 Å². The maximum Gasteiger partial charge on any atom is 0.335 e. The second-order valence-corrected chi connectivity index (χ2v) is 5.74.